The van der Waals surface area contributed by atoms with Crippen LogP contribution in [0.4, 0.5) is 5.13 Å². The number of aromatic nitrogens is 2. The summed E-state index contributed by atoms with van der Waals surface area (Å²) < 4.78 is 0. The minimum absolute atomic E-state index is 0.179. The molecule has 1 saturated carbocycles. The first-order valence-corrected chi connectivity index (χ1v) is 8.20. The van der Waals surface area contributed by atoms with Gasteiger partial charge in [0.05, 0.1) is 0 Å². The highest BCUT2D eigenvalue weighted by molar-refractivity contribution is 7.15. The van der Waals surface area contributed by atoms with E-state index in [0.717, 1.165) is 30.7 Å². The van der Waals surface area contributed by atoms with Gasteiger partial charge in [-0.15, -0.1) is 10.2 Å². The van der Waals surface area contributed by atoms with E-state index < -0.39 is 6.04 Å². The normalized spacial score (nSPS) is 17.0. The van der Waals surface area contributed by atoms with Gasteiger partial charge < -0.3 is 5.32 Å². The van der Waals surface area contributed by atoms with Crippen LogP contribution < -0.4 is 10.6 Å². The number of hydrogen-bond donors (Lipinski definition) is 2. The van der Waals surface area contributed by atoms with Crippen molar-refractivity contribution in [2.75, 3.05) is 5.32 Å². The van der Waals surface area contributed by atoms with Gasteiger partial charge in [0.25, 0.3) is 0 Å². The molecule has 1 aliphatic rings. The number of amides is 2. The first-order valence-electron chi connectivity index (χ1n) is 7.38. The Balaban J connectivity index is 2.04. The lowest BCUT2D eigenvalue weighted by atomic mass is 9.97. The molecule has 0 bridgehead atoms. The molecule has 1 aromatic rings. The van der Waals surface area contributed by atoms with Crippen molar-refractivity contribution < 1.29 is 9.59 Å². The molecule has 0 aliphatic heterocycles. The highest BCUT2D eigenvalue weighted by atomic mass is 32.1. The Kier molecular flexibility index (Phi) is 5.27. The monoisotopic (exact) mass is 310 g/mol. The lowest BCUT2D eigenvalue weighted by Gasteiger charge is -2.22. The Morgan fingerprint density at radius 3 is 2.43 bits per heavy atom. The van der Waals surface area contributed by atoms with Gasteiger partial charge in [0.1, 0.15) is 11.0 Å². The second kappa shape index (κ2) is 6.98. The lowest BCUT2D eigenvalue weighted by Crippen LogP contribution is -2.47. The van der Waals surface area contributed by atoms with Gasteiger partial charge in [0, 0.05) is 12.8 Å². The van der Waals surface area contributed by atoms with Crippen LogP contribution in [0.15, 0.2) is 0 Å². The highest BCUT2D eigenvalue weighted by Gasteiger charge is 2.31. The molecule has 2 N–H and O–H groups in total. The van der Waals surface area contributed by atoms with Crippen molar-refractivity contribution in [3.8, 4) is 0 Å². The van der Waals surface area contributed by atoms with Crippen molar-refractivity contribution in [3.63, 3.8) is 0 Å². The number of carbonyl (C=O) groups is 2. The molecule has 1 aliphatic carbocycles. The zero-order valence-corrected chi connectivity index (χ0v) is 13.5. The van der Waals surface area contributed by atoms with Gasteiger partial charge in [-0.05, 0) is 18.8 Å². The molecule has 1 fully saturated rings. The fraction of sp³-hybridized carbons (Fsp3) is 0.714. The second-order valence-electron chi connectivity index (χ2n) is 5.81. The largest absolute Gasteiger partial charge is 0.344 e. The maximum atomic E-state index is 12.4. The first-order chi connectivity index (χ1) is 9.97. The van der Waals surface area contributed by atoms with Crippen molar-refractivity contribution in [1.82, 2.24) is 15.5 Å². The molecule has 21 heavy (non-hydrogen) atoms. The van der Waals surface area contributed by atoms with Crippen LogP contribution in [-0.4, -0.2) is 28.1 Å². The second-order valence-corrected chi connectivity index (χ2v) is 6.82. The summed E-state index contributed by atoms with van der Waals surface area (Å²) >= 11 is 1.38. The Bertz CT molecular complexity index is 509. The minimum Gasteiger partial charge on any atom is -0.344 e. The fourth-order valence-corrected chi connectivity index (χ4v) is 3.36. The van der Waals surface area contributed by atoms with Gasteiger partial charge in [-0.1, -0.05) is 38.0 Å². The molecule has 6 nitrogen and oxygen atoms in total. The summed E-state index contributed by atoms with van der Waals surface area (Å²) in [6.07, 6.45) is 4.19. The predicted molar refractivity (Wildman–Crippen MR) is 82.2 cm³/mol. The van der Waals surface area contributed by atoms with Crippen molar-refractivity contribution in [2.24, 2.45) is 5.92 Å². The van der Waals surface area contributed by atoms with Gasteiger partial charge in [-0.2, -0.15) is 0 Å². The average Bonchev–Trinajstić information content (AvgIpc) is 3.06. The molecule has 0 unspecified atom stereocenters. The standard InChI is InChI=1S/C14H22N4O2S/c1-8(2)13-17-18-14(21-13)16-12(20)11(15-9(3)19)10-6-4-5-7-10/h8,10-11H,4-7H2,1-3H3,(H,15,19)(H,16,18,20)/t11-/m0/s1. The van der Waals surface area contributed by atoms with Crippen LogP contribution in [0, 0.1) is 5.92 Å². The van der Waals surface area contributed by atoms with E-state index in [-0.39, 0.29) is 23.7 Å². The Morgan fingerprint density at radius 1 is 1.24 bits per heavy atom. The number of hydrogen-bond acceptors (Lipinski definition) is 5. The lowest BCUT2D eigenvalue weighted by molar-refractivity contribution is -0.126. The van der Waals surface area contributed by atoms with Crippen molar-refractivity contribution >= 4 is 28.3 Å². The third kappa shape index (κ3) is 4.23. The summed E-state index contributed by atoms with van der Waals surface area (Å²) in [5, 5.41) is 15.0. The molecular weight excluding hydrogens is 288 g/mol. The van der Waals surface area contributed by atoms with Crippen LogP contribution in [0.5, 0.6) is 0 Å². The number of nitrogens with one attached hydrogen (secondary N) is 2. The topological polar surface area (TPSA) is 84.0 Å². The van der Waals surface area contributed by atoms with Crippen LogP contribution in [0.1, 0.15) is 57.4 Å². The molecule has 1 atom stereocenters. The summed E-state index contributed by atoms with van der Waals surface area (Å²) in [5.74, 6) is 0.131. The molecule has 0 saturated heterocycles. The fourth-order valence-electron chi connectivity index (χ4n) is 2.61. The van der Waals surface area contributed by atoms with E-state index in [0.29, 0.717) is 5.13 Å². The van der Waals surface area contributed by atoms with Gasteiger partial charge in [0.15, 0.2) is 0 Å². The van der Waals surface area contributed by atoms with Crippen LogP contribution in [0.2, 0.25) is 0 Å². The molecule has 0 aromatic carbocycles. The maximum absolute atomic E-state index is 12.4. The SMILES string of the molecule is CC(=O)N[C@H](C(=O)Nc1nnc(C(C)C)s1)C1CCCC1. The number of rotatable bonds is 5. The average molecular weight is 310 g/mol. The number of carbonyl (C=O) groups excluding carboxylic acids is 2. The zero-order valence-electron chi connectivity index (χ0n) is 12.7. The van der Waals surface area contributed by atoms with Gasteiger partial charge >= 0.3 is 0 Å². The van der Waals surface area contributed by atoms with E-state index in [1.807, 2.05) is 13.8 Å². The first kappa shape index (κ1) is 15.9. The van der Waals surface area contributed by atoms with E-state index in [9.17, 15) is 9.59 Å². The van der Waals surface area contributed by atoms with Crippen molar-refractivity contribution in [3.05, 3.63) is 5.01 Å². The quantitative estimate of drug-likeness (QED) is 0.874. The van der Waals surface area contributed by atoms with Crippen LogP contribution in [0.3, 0.4) is 0 Å². The van der Waals surface area contributed by atoms with E-state index >= 15 is 0 Å². The maximum Gasteiger partial charge on any atom is 0.249 e. The van der Waals surface area contributed by atoms with E-state index in [1.165, 1.54) is 18.3 Å². The van der Waals surface area contributed by atoms with Crippen LogP contribution in [0.25, 0.3) is 0 Å². The smallest absolute Gasteiger partial charge is 0.249 e. The Morgan fingerprint density at radius 2 is 1.90 bits per heavy atom. The van der Waals surface area contributed by atoms with Gasteiger partial charge in [-0.3, -0.25) is 14.9 Å². The van der Waals surface area contributed by atoms with E-state index in [2.05, 4.69) is 20.8 Å². The molecular formula is C14H22N4O2S. The summed E-state index contributed by atoms with van der Waals surface area (Å²) in [4.78, 5) is 23.8. The molecule has 2 rings (SSSR count). The molecule has 0 spiro atoms. The molecule has 116 valence electrons. The van der Waals surface area contributed by atoms with Gasteiger partial charge in [0.2, 0.25) is 16.9 Å². The number of nitrogens with zero attached hydrogens (tertiary/aromatic N) is 2. The molecule has 1 heterocycles. The van der Waals surface area contributed by atoms with E-state index in [1.54, 1.807) is 0 Å². The summed E-state index contributed by atoms with van der Waals surface area (Å²) in [5.41, 5.74) is 0. The highest BCUT2D eigenvalue weighted by Crippen LogP contribution is 2.29. The van der Waals surface area contributed by atoms with Crippen LogP contribution in [-0.2, 0) is 9.59 Å². The minimum atomic E-state index is -0.476. The zero-order chi connectivity index (χ0) is 15.4. The summed E-state index contributed by atoms with van der Waals surface area (Å²) in [6, 6.07) is -0.476. The third-order valence-electron chi connectivity index (χ3n) is 3.68. The van der Waals surface area contributed by atoms with E-state index in [4.69, 9.17) is 0 Å². The third-order valence-corrected chi connectivity index (χ3v) is 4.82. The van der Waals surface area contributed by atoms with Crippen molar-refractivity contribution in [1.29, 1.82) is 0 Å². The molecule has 2 amide bonds. The summed E-state index contributed by atoms with van der Waals surface area (Å²) in [6.45, 7) is 5.51. The molecule has 1 aromatic heterocycles. The molecule has 7 heteroatoms. The Hall–Kier alpha value is -1.50. The van der Waals surface area contributed by atoms with Gasteiger partial charge in [-0.25, -0.2) is 0 Å². The Labute approximate surface area is 128 Å². The van der Waals surface area contributed by atoms with Crippen LogP contribution >= 0.6 is 11.3 Å². The number of anilines is 1. The molecule has 0 radical (unpaired) electrons. The predicted octanol–water partition coefficient (Wildman–Crippen LogP) is 2.29. The van der Waals surface area contributed by atoms with Crippen molar-refractivity contribution in [2.45, 2.75) is 58.4 Å². The summed E-state index contributed by atoms with van der Waals surface area (Å²) in [7, 11) is 0.